The average Bonchev–Trinajstić information content (AvgIpc) is 1.63. The van der Waals surface area contributed by atoms with Gasteiger partial charge in [0.15, 0.2) is 0 Å². The number of hydrogen-bond donors (Lipinski definition) is 1. The maximum Gasteiger partial charge on any atom is 0.233 e. The zero-order valence-corrected chi connectivity index (χ0v) is 9.37. The molecule has 0 bridgehead atoms. The number of carbonyl (C=O) groups is 1. The Kier molecular flexibility index (Phi) is 7.75. The van der Waals surface area contributed by atoms with Gasteiger partial charge in [-0.3, -0.25) is 13.7 Å². The Morgan fingerprint density at radius 2 is 2.00 bits per heavy atom. The first-order valence-electron chi connectivity index (χ1n) is 2.43. The van der Waals surface area contributed by atoms with Gasteiger partial charge in [-0.05, 0) is 0 Å². The first-order chi connectivity index (χ1) is 4.04. The fourth-order valence-electron chi connectivity index (χ4n) is 0.200. The van der Waals surface area contributed by atoms with Gasteiger partial charge in [-0.1, -0.05) is 13.8 Å². The van der Waals surface area contributed by atoms with E-state index in [-0.39, 0.29) is 27.0 Å². The Labute approximate surface area is 76.4 Å². The van der Waals surface area contributed by atoms with Gasteiger partial charge in [0.1, 0.15) is 0 Å². The molecule has 0 saturated heterocycles. The molecule has 10 heavy (non-hydrogen) atoms. The quantitative estimate of drug-likeness (QED) is 0.696. The first-order valence-corrected chi connectivity index (χ1v) is 3.51. The molecule has 0 spiro atoms. The number of rotatable bonds is 2. The van der Waals surface area contributed by atoms with Crippen molar-refractivity contribution in [3.05, 3.63) is 0 Å². The molecule has 0 radical (unpaired) electrons. The summed E-state index contributed by atoms with van der Waals surface area (Å²) in [4.78, 5) is 10.4. The predicted molar refractivity (Wildman–Crippen MR) is 31.9 cm³/mol. The fraction of sp³-hybridized carbons (Fsp3) is 0.750. The van der Waals surface area contributed by atoms with E-state index in [4.69, 9.17) is 0 Å². The second kappa shape index (κ2) is 6.01. The van der Waals surface area contributed by atoms with Gasteiger partial charge in [-0.25, -0.2) is 0 Å². The molecule has 0 aliphatic rings. The molecular formula is C4H8NO3SW-. The Balaban J connectivity index is 0. The van der Waals surface area contributed by atoms with Crippen LogP contribution in [0.15, 0.2) is 0 Å². The van der Waals surface area contributed by atoms with Crippen LogP contribution in [0.25, 0.3) is 0 Å². The van der Waals surface area contributed by atoms with Crippen molar-refractivity contribution in [2.45, 2.75) is 13.8 Å². The summed E-state index contributed by atoms with van der Waals surface area (Å²) in [5, 5.41) is 0. The maximum absolute atomic E-state index is 10.4. The van der Waals surface area contributed by atoms with Crippen LogP contribution in [0.3, 0.4) is 0 Å². The van der Waals surface area contributed by atoms with Crippen LogP contribution in [0.1, 0.15) is 13.8 Å². The van der Waals surface area contributed by atoms with E-state index in [1.54, 1.807) is 18.6 Å². The summed E-state index contributed by atoms with van der Waals surface area (Å²) in [6.45, 7) is 3.23. The third-order valence-corrected chi connectivity index (χ3v) is 1.08. The van der Waals surface area contributed by atoms with Crippen molar-refractivity contribution in [2.24, 2.45) is 5.92 Å². The monoisotopic (exact) mass is 334 g/mol. The molecule has 0 aliphatic carbocycles. The summed E-state index contributed by atoms with van der Waals surface area (Å²) in [5.41, 5.74) is 0. The molecule has 0 saturated carbocycles. The Bertz CT molecular complexity index is 138. The molecule has 1 N–H and O–H groups in total. The van der Waals surface area contributed by atoms with Crippen LogP contribution in [0.5, 0.6) is 0 Å². The van der Waals surface area contributed by atoms with E-state index in [2.05, 4.69) is 0 Å². The van der Waals surface area contributed by atoms with E-state index in [1.807, 2.05) is 0 Å². The van der Waals surface area contributed by atoms with Crippen molar-refractivity contribution in [2.75, 3.05) is 0 Å². The van der Waals surface area contributed by atoms with Gasteiger partial charge in [0.2, 0.25) is 5.91 Å². The molecule has 0 rings (SSSR count). The molecule has 4 nitrogen and oxygen atoms in total. The Morgan fingerprint density at radius 1 is 1.60 bits per heavy atom. The van der Waals surface area contributed by atoms with E-state index in [1.165, 1.54) is 0 Å². The van der Waals surface area contributed by atoms with E-state index >= 15 is 0 Å². The molecule has 0 heterocycles. The largest absolute Gasteiger partial charge is 0.755 e. The summed E-state index contributed by atoms with van der Waals surface area (Å²) in [6, 6.07) is 0. The second-order valence-corrected chi connectivity index (χ2v) is 2.53. The molecule has 60 valence electrons. The third-order valence-electron chi connectivity index (χ3n) is 0.708. The number of amides is 1. The van der Waals surface area contributed by atoms with Crippen LogP contribution in [-0.2, 0) is 37.1 Å². The number of nitrogens with one attached hydrogen (secondary N) is 1. The first kappa shape index (κ1) is 12.9. The normalized spacial score (nSPS) is 12.0. The van der Waals surface area contributed by atoms with Crippen molar-refractivity contribution in [1.29, 1.82) is 0 Å². The van der Waals surface area contributed by atoms with Gasteiger partial charge in [0.25, 0.3) is 0 Å². The molecule has 1 unspecified atom stereocenters. The van der Waals surface area contributed by atoms with Crippen LogP contribution in [0.4, 0.5) is 0 Å². The van der Waals surface area contributed by atoms with Crippen LogP contribution >= 0.6 is 0 Å². The van der Waals surface area contributed by atoms with E-state index in [0.717, 1.165) is 0 Å². The number of carbonyl (C=O) groups excluding carboxylic acids is 1. The third kappa shape index (κ3) is 6.39. The topological polar surface area (TPSA) is 69.2 Å². The van der Waals surface area contributed by atoms with Gasteiger partial charge in [-0.2, -0.15) is 0 Å². The zero-order chi connectivity index (χ0) is 7.44. The van der Waals surface area contributed by atoms with Crippen LogP contribution in [-0.4, -0.2) is 14.7 Å². The molecule has 0 aromatic carbocycles. The second-order valence-electron chi connectivity index (χ2n) is 1.86. The van der Waals surface area contributed by atoms with Crippen molar-refractivity contribution < 1.29 is 34.6 Å². The molecule has 1 amide bonds. The van der Waals surface area contributed by atoms with Gasteiger partial charge < -0.3 is 4.55 Å². The molecular weight excluding hydrogens is 326 g/mol. The number of hydrogen-bond acceptors (Lipinski definition) is 3. The van der Waals surface area contributed by atoms with Gasteiger partial charge >= 0.3 is 0 Å². The van der Waals surface area contributed by atoms with Crippen molar-refractivity contribution >= 4 is 17.2 Å². The van der Waals surface area contributed by atoms with E-state index < -0.39 is 17.2 Å². The van der Waals surface area contributed by atoms with E-state index in [0.29, 0.717) is 0 Å². The van der Waals surface area contributed by atoms with E-state index in [9.17, 15) is 13.6 Å². The maximum atomic E-state index is 10.4. The standard InChI is InChI=1S/C4H9NO3S.W/c1-3(2)4(6)5-9(7)8;/h3H,1-2H3,(H,5,6)(H,7,8);/p-1. The van der Waals surface area contributed by atoms with Gasteiger partial charge in [0.05, 0.1) is 0 Å². The molecule has 0 aliphatic heterocycles. The predicted octanol–water partition coefficient (Wildman–Crippen LogP) is -0.450. The SMILES string of the molecule is CC(C)C(=O)NS(=O)[O-].[W]. The molecule has 0 aromatic heterocycles. The Hall–Kier alpha value is 0.268. The van der Waals surface area contributed by atoms with Crippen molar-refractivity contribution in [1.82, 2.24) is 4.72 Å². The van der Waals surface area contributed by atoms with Gasteiger partial charge in [-0.15, -0.1) is 0 Å². The van der Waals surface area contributed by atoms with Crippen molar-refractivity contribution in [3.8, 4) is 0 Å². The zero-order valence-electron chi connectivity index (χ0n) is 5.62. The molecule has 6 heteroatoms. The summed E-state index contributed by atoms with van der Waals surface area (Å²) in [5.74, 6) is -0.772. The summed E-state index contributed by atoms with van der Waals surface area (Å²) in [7, 11) is 0. The minimum Gasteiger partial charge on any atom is -0.755 e. The average molecular weight is 334 g/mol. The summed E-state index contributed by atoms with van der Waals surface area (Å²) >= 11 is -2.47. The van der Waals surface area contributed by atoms with Crippen LogP contribution < -0.4 is 4.72 Å². The molecule has 1 atom stereocenters. The van der Waals surface area contributed by atoms with Crippen molar-refractivity contribution in [3.63, 3.8) is 0 Å². The molecule has 0 fully saturated rings. The summed E-state index contributed by atoms with van der Waals surface area (Å²) < 4.78 is 21.3. The van der Waals surface area contributed by atoms with Gasteiger partial charge in [0, 0.05) is 38.2 Å². The minimum absolute atomic E-state index is 0. The molecule has 0 aromatic rings. The minimum atomic E-state index is -2.47. The van der Waals surface area contributed by atoms with Crippen LogP contribution in [0, 0.1) is 5.92 Å². The Morgan fingerprint density at radius 3 is 2.10 bits per heavy atom. The smallest absolute Gasteiger partial charge is 0.233 e. The summed E-state index contributed by atoms with van der Waals surface area (Å²) in [6.07, 6.45) is 0. The van der Waals surface area contributed by atoms with Crippen LogP contribution in [0.2, 0.25) is 0 Å². The fourth-order valence-corrected chi connectivity index (χ4v) is 0.600.